The monoisotopic (exact) mass is 1130 g/mol. The van der Waals surface area contributed by atoms with Crippen molar-refractivity contribution in [3.8, 4) is 0 Å². The van der Waals surface area contributed by atoms with Gasteiger partial charge < -0.3 is 120 Å². The number of carbonyl (C=O) groups is 6. The average molecular weight is 1140 g/mol. The highest BCUT2D eigenvalue weighted by Gasteiger charge is 2.57. The zero-order chi connectivity index (χ0) is 57.1. The van der Waals surface area contributed by atoms with Crippen LogP contribution in [0.1, 0.15) is 52.4 Å². The number of hydrogen-bond acceptors (Lipinski definition) is 27. The Morgan fingerprint density at radius 2 is 1.47 bits per heavy atom. The summed E-state index contributed by atoms with van der Waals surface area (Å²) in [7, 11) is 1.51. The molecule has 0 aromatic carbocycles. The minimum atomic E-state index is -2.80. The predicted octanol–water partition coefficient (Wildman–Crippen LogP) is -8.82. The Hall–Kier alpha value is -3.43. The molecular weight excluding hydrogens is 1060 g/mol. The first kappa shape index (κ1) is 64.4. The molecule has 0 spiro atoms. The molecule has 8 unspecified atom stereocenters. The van der Waals surface area contributed by atoms with Crippen LogP contribution in [0.2, 0.25) is 0 Å². The number of nitrogens with zero attached hydrogens (tertiary/aromatic N) is 1. The zero-order valence-electron chi connectivity index (χ0n) is 42.4. The first-order valence-corrected chi connectivity index (χ1v) is 26.1. The molecule has 32 heteroatoms. The quantitative estimate of drug-likeness (QED) is 0.0268. The summed E-state index contributed by atoms with van der Waals surface area (Å²) in [6.45, 7) is -1.71. The summed E-state index contributed by atoms with van der Waals surface area (Å²) in [5.74, 6) is -7.57. The molecular formula is C45H74N4O27S. The number of amides is 5. The normalized spacial score (nSPS) is 38.5. The van der Waals surface area contributed by atoms with E-state index in [2.05, 4.69) is 16.0 Å². The molecule has 5 amide bonds. The molecule has 5 fully saturated rings. The predicted molar refractivity (Wildman–Crippen MR) is 253 cm³/mol. The molecule has 0 aromatic heterocycles. The van der Waals surface area contributed by atoms with Crippen molar-refractivity contribution in [2.75, 3.05) is 58.9 Å². The van der Waals surface area contributed by atoms with Crippen LogP contribution in [-0.2, 0) is 66.7 Å². The Morgan fingerprint density at radius 3 is 2.10 bits per heavy atom. The second-order valence-electron chi connectivity index (χ2n) is 19.2. The van der Waals surface area contributed by atoms with Crippen molar-refractivity contribution in [2.45, 2.75) is 180 Å². The number of aliphatic hydroxyl groups is 12. The smallest absolute Gasteiger partial charge is 0.364 e. The standard InChI is InChI=1S/C45H74N4O27S/c1-18-20(54)13-45(44(67)68,76-37(18)30(59)21(55)14-50)70-17-24-31(60)33(62)29(48-19(2)53)41(73-24)75-39-32(61)22(15-51)71-43(36(39)65)74-38-23(16-52)72-42(35(64)34(38)63)69-10-8-47-27(57)7-11-77-25-12-28(58)49(40(25)66)9-5-4-6-26(56)46-3/h18,20-25,29-39,41-43,50-52,54-55,59-65H,4-17H2,1-3H3,(H,46,56)(H,47,57)(H,48,53)(H,67,68)/t18-,20-,21-,22?,23?,24?,25?,29+,30-,31-,32+,33?,34?,35+,36+,37?,38-,39?,41+,42-,43+,45-/m1/s1. The van der Waals surface area contributed by atoms with Gasteiger partial charge in [-0.25, -0.2) is 4.79 Å². The number of carboxylic acid groups (broad SMARTS) is 1. The molecule has 77 heavy (non-hydrogen) atoms. The van der Waals surface area contributed by atoms with Gasteiger partial charge in [0.1, 0.15) is 85.4 Å². The van der Waals surface area contributed by atoms with Crippen LogP contribution in [0.5, 0.6) is 0 Å². The van der Waals surface area contributed by atoms with Crippen molar-refractivity contribution in [3.63, 3.8) is 0 Å². The van der Waals surface area contributed by atoms with Crippen LogP contribution in [0, 0.1) is 5.92 Å². The van der Waals surface area contributed by atoms with Crippen molar-refractivity contribution >= 4 is 47.3 Å². The lowest BCUT2D eigenvalue weighted by Crippen LogP contribution is -2.69. The second-order valence-corrected chi connectivity index (χ2v) is 20.5. The molecule has 31 nitrogen and oxygen atoms in total. The van der Waals surface area contributed by atoms with Gasteiger partial charge in [0.25, 0.3) is 5.79 Å². The van der Waals surface area contributed by atoms with Gasteiger partial charge in [-0.3, -0.25) is 28.9 Å². The third kappa shape index (κ3) is 15.9. The first-order valence-electron chi connectivity index (χ1n) is 25.0. The van der Waals surface area contributed by atoms with E-state index in [0.717, 1.165) is 23.6 Å². The summed E-state index contributed by atoms with van der Waals surface area (Å²) in [6, 6.07) is -1.72. The van der Waals surface area contributed by atoms with Gasteiger partial charge in [-0.15, -0.1) is 11.8 Å². The molecule has 16 N–H and O–H groups in total. The zero-order valence-corrected chi connectivity index (χ0v) is 43.2. The lowest BCUT2D eigenvalue weighted by atomic mass is 9.84. The highest BCUT2D eigenvalue weighted by Crippen LogP contribution is 2.38. The van der Waals surface area contributed by atoms with Gasteiger partial charge in [-0.05, 0) is 12.8 Å². The van der Waals surface area contributed by atoms with Gasteiger partial charge in [0, 0.05) is 64.4 Å². The van der Waals surface area contributed by atoms with Crippen LogP contribution < -0.4 is 16.0 Å². The van der Waals surface area contributed by atoms with E-state index in [1.807, 2.05) is 0 Å². The molecule has 0 saturated carbocycles. The van der Waals surface area contributed by atoms with Crippen LogP contribution >= 0.6 is 11.8 Å². The van der Waals surface area contributed by atoms with Crippen LogP contribution in [0.4, 0.5) is 0 Å². The summed E-state index contributed by atoms with van der Waals surface area (Å²) >= 11 is 1.15. The fourth-order valence-electron chi connectivity index (χ4n) is 9.29. The van der Waals surface area contributed by atoms with Gasteiger partial charge >= 0.3 is 5.97 Å². The van der Waals surface area contributed by atoms with Crippen LogP contribution in [0.15, 0.2) is 0 Å². The Morgan fingerprint density at radius 1 is 0.805 bits per heavy atom. The van der Waals surface area contributed by atoms with Gasteiger partial charge in [-0.1, -0.05) is 6.92 Å². The third-order valence-electron chi connectivity index (χ3n) is 13.8. The summed E-state index contributed by atoms with van der Waals surface area (Å²) in [5.41, 5.74) is 0. The fourth-order valence-corrected chi connectivity index (χ4v) is 10.4. The Labute approximate surface area is 445 Å². The van der Waals surface area contributed by atoms with Gasteiger partial charge in [0.15, 0.2) is 18.9 Å². The number of likely N-dealkylation sites (tertiary alicyclic amines) is 1. The molecule has 0 aliphatic carbocycles. The number of hydrogen-bond donors (Lipinski definition) is 16. The Bertz CT molecular complexity index is 1970. The largest absolute Gasteiger partial charge is 0.477 e. The molecule has 0 aromatic rings. The number of ether oxygens (including phenoxy) is 8. The molecule has 5 saturated heterocycles. The summed E-state index contributed by atoms with van der Waals surface area (Å²) in [4.78, 5) is 75.4. The maximum Gasteiger partial charge on any atom is 0.364 e. The highest BCUT2D eigenvalue weighted by molar-refractivity contribution is 8.00. The molecule has 22 atom stereocenters. The third-order valence-corrected chi connectivity index (χ3v) is 15.0. The van der Waals surface area contributed by atoms with Crippen LogP contribution in [0.3, 0.4) is 0 Å². The number of aliphatic hydroxyl groups excluding tert-OH is 12. The Kier molecular flexibility index (Phi) is 24.5. The highest BCUT2D eigenvalue weighted by atomic mass is 32.2. The van der Waals surface area contributed by atoms with E-state index in [-0.39, 0.29) is 62.4 Å². The molecule has 5 aliphatic rings. The molecule has 5 rings (SSSR count). The van der Waals surface area contributed by atoms with Crippen LogP contribution in [-0.4, -0.2) is 293 Å². The molecule has 442 valence electrons. The SMILES string of the molecule is CNC(=O)CCCCN1C(=O)CC(SCCC(=O)NCCO[C@@H]2OC(CO)[C@@H](O[C@@H]3OC(CO)[C@H](O)C(O[C@@H]4OC(CO[C@]5(C(=O)O)C[C@@H](O)[C@@H](C)C([C@H](O)[C@H](O)CO)O5)[C@@H](O)C(O)[C@@H]4NC(C)=O)[C@@H]3O)C(O)[C@@H]2O)C1=O. The topological polar surface area (TPSA) is 479 Å². The van der Waals surface area contributed by atoms with E-state index in [9.17, 15) is 95.2 Å². The minimum absolute atomic E-state index is 0.0164. The summed E-state index contributed by atoms with van der Waals surface area (Å²) < 4.78 is 45.6. The average Bonchev–Trinajstić information content (AvgIpc) is 3.68. The van der Waals surface area contributed by atoms with E-state index in [1.54, 1.807) is 0 Å². The van der Waals surface area contributed by atoms with Gasteiger partial charge in [0.2, 0.25) is 29.5 Å². The number of rotatable bonds is 27. The van der Waals surface area contributed by atoms with Crippen molar-refractivity contribution in [2.24, 2.45) is 5.92 Å². The number of aliphatic carboxylic acids is 1. The number of thioether (sulfide) groups is 1. The van der Waals surface area contributed by atoms with Crippen molar-refractivity contribution in [1.82, 2.24) is 20.9 Å². The molecule has 0 radical (unpaired) electrons. The number of nitrogens with one attached hydrogen (secondary N) is 3. The molecule has 5 heterocycles. The first-order chi connectivity index (χ1) is 36.4. The number of imide groups is 1. The Balaban J connectivity index is 1.17. The molecule has 0 bridgehead atoms. The van der Waals surface area contributed by atoms with E-state index in [0.29, 0.717) is 12.8 Å². The maximum absolute atomic E-state index is 12.8. The molecule has 5 aliphatic heterocycles. The maximum atomic E-state index is 12.8. The van der Waals surface area contributed by atoms with E-state index in [4.69, 9.17) is 37.9 Å². The van der Waals surface area contributed by atoms with Gasteiger partial charge in [0.05, 0.1) is 50.5 Å². The van der Waals surface area contributed by atoms with Crippen molar-refractivity contribution < 1.29 is 133 Å². The van der Waals surface area contributed by atoms with E-state index in [1.165, 1.54) is 14.0 Å². The lowest BCUT2D eigenvalue weighted by molar-refractivity contribution is -0.377. The fraction of sp³-hybridized carbons (Fsp3) is 0.867. The number of carbonyl (C=O) groups excluding carboxylic acids is 5. The summed E-state index contributed by atoms with van der Waals surface area (Å²) in [6.07, 6.45) is -33.0. The second kappa shape index (κ2) is 29.3. The number of carboxylic acids is 1. The minimum Gasteiger partial charge on any atom is -0.477 e. The summed E-state index contributed by atoms with van der Waals surface area (Å²) in [5, 5.41) is 146. The van der Waals surface area contributed by atoms with Crippen molar-refractivity contribution in [1.29, 1.82) is 0 Å². The van der Waals surface area contributed by atoms with E-state index >= 15 is 0 Å². The number of unbranched alkanes of at least 4 members (excludes halogenated alkanes) is 1. The van der Waals surface area contributed by atoms with Crippen molar-refractivity contribution in [3.05, 3.63) is 0 Å². The van der Waals surface area contributed by atoms with E-state index < -0.39 is 184 Å². The van der Waals surface area contributed by atoms with Crippen LogP contribution in [0.25, 0.3) is 0 Å². The lowest BCUT2D eigenvalue weighted by Gasteiger charge is -2.49. The van der Waals surface area contributed by atoms with Gasteiger partial charge in [-0.2, -0.15) is 0 Å².